The van der Waals surface area contributed by atoms with Crippen molar-refractivity contribution in [3.05, 3.63) is 71.6 Å². The predicted octanol–water partition coefficient (Wildman–Crippen LogP) is 3.11. The largest absolute Gasteiger partial charge is 0.465 e. The number of amides is 1. The van der Waals surface area contributed by atoms with E-state index in [1.807, 2.05) is 30.3 Å². The van der Waals surface area contributed by atoms with Gasteiger partial charge in [0, 0.05) is 32.0 Å². The zero-order chi connectivity index (χ0) is 19.9. The van der Waals surface area contributed by atoms with Crippen molar-refractivity contribution in [2.75, 3.05) is 14.2 Å². The molecule has 0 aliphatic carbocycles. The van der Waals surface area contributed by atoms with Crippen molar-refractivity contribution >= 4 is 11.9 Å². The van der Waals surface area contributed by atoms with Crippen LogP contribution in [0, 0.1) is 0 Å². The number of aryl methyl sites for hydroxylation is 1. The fourth-order valence-corrected chi connectivity index (χ4v) is 2.68. The van der Waals surface area contributed by atoms with Gasteiger partial charge in [-0.3, -0.25) is 4.79 Å². The number of methoxy groups -OCH3 is 1. The molecule has 1 aromatic heterocycles. The average Bonchev–Trinajstić information content (AvgIpc) is 3.21. The summed E-state index contributed by atoms with van der Waals surface area (Å²) >= 11 is 0. The van der Waals surface area contributed by atoms with Crippen molar-refractivity contribution in [3.8, 4) is 11.5 Å². The molecule has 144 valence electrons. The Bertz CT molecular complexity index is 936. The number of esters is 1. The van der Waals surface area contributed by atoms with Crippen LogP contribution in [0.15, 0.2) is 59.0 Å². The summed E-state index contributed by atoms with van der Waals surface area (Å²) in [5.41, 5.74) is 2.25. The van der Waals surface area contributed by atoms with Gasteiger partial charge in [-0.2, -0.15) is 0 Å². The van der Waals surface area contributed by atoms with Crippen molar-refractivity contribution < 1.29 is 18.7 Å². The van der Waals surface area contributed by atoms with Crippen LogP contribution in [0.1, 0.15) is 28.2 Å². The quantitative estimate of drug-likeness (QED) is 0.587. The number of ether oxygens (including phenoxy) is 1. The van der Waals surface area contributed by atoms with Gasteiger partial charge in [0.1, 0.15) is 0 Å². The number of nitrogens with zero attached hydrogens (tertiary/aromatic N) is 3. The van der Waals surface area contributed by atoms with Gasteiger partial charge >= 0.3 is 5.97 Å². The molecule has 0 aliphatic rings. The van der Waals surface area contributed by atoms with Crippen LogP contribution in [0.25, 0.3) is 11.5 Å². The minimum absolute atomic E-state index is 0.0310. The molecule has 0 unspecified atom stereocenters. The van der Waals surface area contributed by atoms with Gasteiger partial charge in [-0.1, -0.05) is 30.3 Å². The zero-order valence-corrected chi connectivity index (χ0v) is 15.8. The van der Waals surface area contributed by atoms with Crippen LogP contribution in [-0.4, -0.2) is 41.1 Å². The normalized spacial score (nSPS) is 10.5. The van der Waals surface area contributed by atoms with Crippen LogP contribution in [-0.2, 0) is 22.5 Å². The highest BCUT2D eigenvalue weighted by atomic mass is 16.5. The van der Waals surface area contributed by atoms with E-state index in [9.17, 15) is 9.59 Å². The molecule has 0 radical (unpaired) electrons. The SMILES string of the molecule is COC(=O)c1ccc(CN(C)C(=O)CCc2nnc(-c3ccccc3)o2)cc1. The van der Waals surface area contributed by atoms with Crippen molar-refractivity contribution in [2.45, 2.75) is 19.4 Å². The Morgan fingerprint density at radius 3 is 2.43 bits per heavy atom. The molecule has 0 aliphatic heterocycles. The van der Waals surface area contributed by atoms with E-state index in [0.717, 1.165) is 11.1 Å². The van der Waals surface area contributed by atoms with Crippen molar-refractivity contribution in [3.63, 3.8) is 0 Å². The molecule has 0 saturated heterocycles. The molecule has 7 nitrogen and oxygen atoms in total. The van der Waals surface area contributed by atoms with E-state index in [1.54, 1.807) is 36.2 Å². The van der Waals surface area contributed by atoms with Gasteiger partial charge in [0.25, 0.3) is 0 Å². The molecule has 28 heavy (non-hydrogen) atoms. The average molecular weight is 379 g/mol. The third-order valence-electron chi connectivity index (χ3n) is 4.26. The van der Waals surface area contributed by atoms with Crippen LogP contribution >= 0.6 is 0 Å². The first-order valence-electron chi connectivity index (χ1n) is 8.86. The smallest absolute Gasteiger partial charge is 0.337 e. The maximum absolute atomic E-state index is 12.4. The standard InChI is InChI=1S/C21H21N3O4/c1-24(14-15-8-10-17(11-9-15)21(26)27-2)19(25)13-12-18-22-23-20(28-18)16-6-4-3-5-7-16/h3-11H,12-14H2,1-2H3. The highest BCUT2D eigenvalue weighted by molar-refractivity contribution is 5.89. The van der Waals surface area contributed by atoms with Crippen LogP contribution in [0.2, 0.25) is 0 Å². The second-order valence-electron chi connectivity index (χ2n) is 6.31. The lowest BCUT2D eigenvalue weighted by molar-refractivity contribution is -0.130. The second-order valence-corrected chi connectivity index (χ2v) is 6.31. The Morgan fingerprint density at radius 1 is 1.04 bits per heavy atom. The van der Waals surface area contributed by atoms with Crippen LogP contribution in [0.4, 0.5) is 0 Å². The maximum Gasteiger partial charge on any atom is 0.337 e. The third-order valence-corrected chi connectivity index (χ3v) is 4.26. The molecule has 3 rings (SSSR count). The number of carbonyl (C=O) groups excluding carboxylic acids is 2. The van der Waals surface area contributed by atoms with E-state index >= 15 is 0 Å². The van der Waals surface area contributed by atoms with Gasteiger partial charge in [-0.25, -0.2) is 4.79 Å². The number of hydrogen-bond donors (Lipinski definition) is 0. The summed E-state index contributed by atoms with van der Waals surface area (Å²) in [7, 11) is 3.08. The van der Waals surface area contributed by atoms with Crippen LogP contribution in [0.3, 0.4) is 0 Å². The summed E-state index contributed by atoms with van der Waals surface area (Å²) in [6.45, 7) is 0.444. The maximum atomic E-state index is 12.4. The summed E-state index contributed by atoms with van der Waals surface area (Å²) < 4.78 is 10.3. The van der Waals surface area contributed by atoms with Crippen molar-refractivity contribution in [1.29, 1.82) is 0 Å². The van der Waals surface area contributed by atoms with E-state index < -0.39 is 0 Å². The Balaban J connectivity index is 1.52. The first kappa shape index (κ1) is 19.3. The molecular formula is C21H21N3O4. The van der Waals surface area contributed by atoms with E-state index in [0.29, 0.717) is 30.3 Å². The molecule has 0 bridgehead atoms. The van der Waals surface area contributed by atoms with E-state index in [2.05, 4.69) is 14.9 Å². The first-order valence-corrected chi connectivity index (χ1v) is 8.86. The number of aromatic nitrogens is 2. The fraction of sp³-hybridized carbons (Fsp3) is 0.238. The number of carbonyl (C=O) groups is 2. The molecule has 0 N–H and O–H groups in total. The number of benzene rings is 2. The monoisotopic (exact) mass is 379 g/mol. The van der Waals surface area contributed by atoms with E-state index in [4.69, 9.17) is 4.42 Å². The molecule has 0 atom stereocenters. The molecule has 0 saturated carbocycles. The minimum atomic E-state index is -0.384. The zero-order valence-electron chi connectivity index (χ0n) is 15.8. The van der Waals surface area contributed by atoms with Crippen LogP contribution in [0.5, 0.6) is 0 Å². The minimum Gasteiger partial charge on any atom is -0.465 e. The highest BCUT2D eigenvalue weighted by Gasteiger charge is 2.14. The predicted molar refractivity (Wildman–Crippen MR) is 102 cm³/mol. The molecule has 2 aromatic carbocycles. The first-order chi connectivity index (χ1) is 13.6. The van der Waals surface area contributed by atoms with Crippen molar-refractivity contribution in [2.24, 2.45) is 0 Å². The number of hydrogen-bond acceptors (Lipinski definition) is 6. The molecule has 0 fully saturated rings. The second kappa shape index (κ2) is 8.94. The lowest BCUT2D eigenvalue weighted by Gasteiger charge is -2.17. The summed E-state index contributed by atoms with van der Waals surface area (Å²) in [6.07, 6.45) is 0.650. The Kier molecular flexibility index (Phi) is 6.16. The molecule has 3 aromatic rings. The number of rotatable bonds is 7. The van der Waals surface area contributed by atoms with Gasteiger partial charge in [0.2, 0.25) is 17.7 Å². The van der Waals surface area contributed by atoms with Gasteiger partial charge in [0.05, 0.1) is 12.7 Å². The molecule has 0 spiro atoms. The van der Waals surface area contributed by atoms with Gasteiger partial charge in [0.15, 0.2) is 0 Å². The van der Waals surface area contributed by atoms with Gasteiger partial charge < -0.3 is 14.1 Å². The van der Waals surface area contributed by atoms with Crippen LogP contribution < -0.4 is 0 Å². The Hall–Kier alpha value is -3.48. The molecule has 7 heteroatoms. The van der Waals surface area contributed by atoms with E-state index in [1.165, 1.54) is 7.11 Å². The summed E-state index contributed by atoms with van der Waals surface area (Å²) in [4.78, 5) is 25.5. The van der Waals surface area contributed by atoms with Gasteiger partial charge in [-0.05, 0) is 29.8 Å². The lowest BCUT2D eigenvalue weighted by Crippen LogP contribution is -2.26. The Labute approximate surface area is 162 Å². The third kappa shape index (κ3) is 4.82. The van der Waals surface area contributed by atoms with Gasteiger partial charge in [-0.15, -0.1) is 10.2 Å². The summed E-state index contributed by atoms with van der Waals surface area (Å²) in [5, 5.41) is 8.04. The highest BCUT2D eigenvalue weighted by Crippen LogP contribution is 2.17. The topological polar surface area (TPSA) is 85.5 Å². The fourth-order valence-electron chi connectivity index (χ4n) is 2.68. The molecule has 1 amide bonds. The summed E-state index contributed by atoms with van der Waals surface area (Å²) in [5.74, 6) is 0.465. The molecular weight excluding hydrogens is 358 g/mol. The molecule has 1 heterocycles. The summed E-state index contributed by atoms with van der Waals surface area (Å²) in [6, 6.07) is 16.5. The Morgan fingerprint density at radius 2 is 1.75 bits per heavy atom. The van der Waals surface area contributed by atoms with E-state index in [-0.39, 0.29) is 18.3 Å². The van der Waals surface area contributed by atoms with Crippen molar-refractivity contribution in [1.82, 2.24) is 15.1 Å². The lowest BCUT2D eigenvalue weighted by atomic mass is 10.1.